The number of pyridine rings is 1. The second kappa shape index (κ2) is 11.4. The van der Waals surface area contributed by atoms with Crippen LogP contribution in [0.1, 0.15) is 31.9 Å². The molecule has 4 aromatic rings. The lowest BCUT2D eigenvalue weighted by atomic mass is 9.73. The van der Waals surface area contributed by atoms with E-state index in [-0.39, 0.29) is 11.5 Å². The largest absolute Gasteiger partial charge is 0.473 e. The second-order valence-corrected chi connectivity index (χ2v) is 12.3. The van der Waals surface area contributed by atoms with E-state index >= 15 is 0 Å². The average molecular weight is 564 g/mol. The number of amides is 1. The van der Waals surface area contributed by atoms with Gasteiger partial charge in [-0.3, -0.25) is 0 Å². The fourth-order valence-corrected chi connectivity index (χ4v) is 5.53. The van der Waals surface area contributed by atoms with Crippen LogP contribution in [-0.4, -0.2) is 47.8 Å². The third-order valence-electron chi connectivity index (χ3n) is 7.56. The van der Waals surface area contributed by atoms with Crippen LogP contribution < -0.4 is 14.4 Å². The highest BCUT2D eigenvalue weighted by atomic mass is 16.6. The number of anilines is 1. The third kappa shape index (κ3) is 6.35. The molecule has 2 aliphatic heterocycles. The van der Waals surface area contributed by atoms with E-state index in [2.05, 4.69) is 29.2 Å². The van der Waals surface area contributed by atoms with Crippen LogP contribution in [-0.2, 0) is 18.0 Å². The molecule has 7 nitrogen and oxygen atoms in total. The summed E-state index contributed by atoms with van der Waals surface area (Å²) in [7, 11) is 0. The van der Waals surface area contributed by atoms with Crippen LogP contribution in [0.25, 0.3) is 11.1 Å². The molecule has 0 N–H and O–H groups in total. The Balaban J connectivity index is 1.16. The van der Waals surface area contributed by atoms with Gasteiger partial charge in [-0.2, -0.15) is 4.98 Å². The van der Waals surface area contributed by atoms with Gasteiger partial charge in [-0.25, -0.2) is 4.79 Å². The summed E-state index contributed by atoms with van der Waals surface area (Å²) in [5, 5.41) is 0. The molecule has 0 atom stereocenters. The highest BCUT2D eigenvalue weighted by Gasteiger charge is 2.54. The summed E-state index contributed by atoms with van der Waals surface area (Å²) in [6.07, 6.45) is -0.222. The number of benzene rings is 3. The fraction of sp³-hybridized carbons (Fsp3) is 0.314. The molecule has 7 heteroatoms. The Bertz CT molecular complexity index is 1520. The highest BCUT2D eigenvalue weighted by molar-refractivity contribution is 5.74. The smallest absolute Gasteiger partial charge is 0.410 e. The van der Waals surface area contributed by atoms with Crippen molar-refractivity contribution in [1.29, 1.82) is 0 Å². The molecule has 3 aromatic carbocycles. The Kier molecular flexibility index (Phi) is 7.50. The number of hydrogen-bond acceptors (Lipinski definition) is 6. The average Bonchev–Trinajstić information content (AvgIpc) is 2.94. The predicted molar refractivity (Wildman–Crippen MR) is 164 cm³/mol. The standard InChI is InChI=1S/C35H37N3O4/c1-34(2,3)42-33(39)38-24-35(25-38)22-37(23-35)29-16-10-15-28(19-29)30-17-18-31(40-20-26-11-6-4-7-12-26)36-32(30)41-21-27-13-8-5-9-14-27/h4-19H,20-25H2,1-3H3. The van der Waals surface area contributed by atoms with E-state index < -0.39 is 5.60 Å². The van der Waals surface area contributed by atoms with E-state index in [1.54, 1.807) is 0 Å². The normalized spacial score (nSPS) is 15.5. The van der Waals surface area contributed by atoms with Crippen LogP contribution in [0.5, 0.6) is 11.8 Å². The molecule has 0 radical (unpaired) electrons. The second-order valence-electron chi connectivity index (χ2n) is 12.3. The third-order valence-corrected chi connectivity index (χ3v) is 7.56. The van der Waals surface area contributed by atoms with Crippen molar-refractivity contribution in [2.45, 2.75) is 39.6 Å². The first-order valence-corrected chi connectivity index (χ1v) is 14.4. The van der Waals surface area contributed by atoms with Crippen molar-refractivity contribution in [3.8, 4) is 22.9 Å². The van der Waals surface area contributed by atoms with E-state index in [9.17, 15) is 4.79 Å². The Labute approximate surface area is 247 Å². The van der Waals surface area contributed by atoms with E-state index in [1.165, 1.54) is 0 Å². The highest BCUT2D eigenvalue weighted by Crippen LogP contribution is 2.43. The first kappa shape index (κ1) is 27.6. The molecule has 6 rings (SSSR count). The van der Waals surface area contributed by atoms with Crippen LogP contribution >= 0.6 is 0 Å². The van der Waals surface area contributed by atoms with Crippen LogP contribution in [0, 0.1) is 5.41 Å². The van der Waals surface area contributed by atoms with Crippen LogP contribution in [0.15, 0.2) is 97.1 Å². The topological polar surface area (TPSA) is 64.1 Å². The number of carbonyl (C=O) groups excluding carboxylic acids is 1. The minimum absolute atomic E-state index is 0.149. The summed E-state index contributed by atoms with van der Waals surface area (Å²) < 4.78 is 17.8. The summed E-state index contributed by atoms with van der Waals surface area (Å²) in [5.74, 6) is 1.06. The van der Waals surface area contributed by atoms with Crippen molar-refractivity contribution >= 4 is 11.8 Å². The summed E-state index contributed by atoms with van der Waals surface area (Å²) >= 11 is 0. The lowest BCUT2D eigenvalue weighted by Gasteiger charge is -2.60. The van der Waals surface area contributed by atoms with Crippen molar-refractivity contribution in [2.24, 2.45) is 5.41 Å². The molecule has 0 saturated carbocycles. The van der Waals surface area contributed by atoms with E-state index in [1.807, 2.05) is 98.5 Å². The van der Waals surface area contributed by atoms with Gasteiger partial charge < -0.3 is 24.0 Å². The van der Waals surface area contributed by atoms with Crippen LogP contribution in [0.3, 0.4) is 0 Å². The molecule has 2 saturated heterocycles. The molecule has 1 spiro atoms. The predicted octanol–water partition coefficient (Wildman–Crippen LogP) is 6.96. The van der Waals surface area contributed by atoms with Gasteiger partial charge in [0.2, 0.25) is 11.8 Å². The van der Waals surface area contributed by atoms with Crippen molar-refractivity contribution in [3.05, 3.63) is 108 Å². The van der Waals surface area contributed by atoms with Gasteiger partial charge in [0, 0.05) is 48.9 Å². The minimum Gasteiger partial charge on any atom is -0.473 e. The molecule has 3 heterocycles. The lowest BCUT2D eigenvalue weighted by molar-refractivity contribution is -0.0452. The molecular formula is C35H37N3O4. The molecule has 0 bridgehead atoms. The van der Waals surface area contributed by atoms with E-state index in [0.29, 0.717) is 25.0 Å². The Morgan fingerprint density at radius 3 is 2.07 bits per heavy atom. The zero-order chi connectivity index (χ0) is 29.2. The summed E-state index contributed by atoms with van der Waals surface area (Å²) in [6.45, 7) is 9.85. The SMILES string of the molecule is CC(C)(C)OC(=O)N1CC2(C1)CN(c1cccc(-c3ccc(OCc4ccccc4)nc3OCc3ccccc3)c1)C2. The van der Waals surface area contributed by atoms with Gasteiger partial charge in [0.05, 0.1) is 0 Å². The number of aromatic nitrogens is 1. The van der Waals surface area contributed by atoms with Crippen molar-refractivity contribution < 1.29 is 19.0 Å². The zero-order valence-electron chi connectivity index (χ0n) is 24.5. The van der Waals surface area contributed by atoms with Crippen LogP contribution in [0.2, 0.25) is 0 Å². The Morgan fingerprint density at radius 2 is 1.43 bits per heavy atom. The molecule has 0 unspecified atom stereocenters. The first-order valence-electron chi connectivity index (χ1n) is 14.4. The van der Waals surface area contributed by atoms with Crippen LogP contribution in [0.4, 0.5) is 10.5 Å². The first-order chi connectivity index (χ1) is 20.3. The maximum Gasteiger partial charge on any atom is 0.410 e. The molecule has 1 amide bonds. The maximum atomic E-state index is 12.4. The number of hydrogen-bond donors (Lipinski definition) is 0. The van der Waals surface area contributed by atoms with Gasteiger partial charge in [-0.15, -0.1) is 0 Å². The van der Waals surface area contributed by atoms with Gasteiger partial charge in [-0.05, 0) is 55.7 Å². The Morgan fingerprint density at radius 1 is 0.786 bits per heavy atom. The molecule has 0 aliphatic carbocycles. The number of likely N-dealkylation sites (tertiary alicyclic amines) is 1. The van der Waals surface area contributed by atoms with Gasteiger partial charge in [0.15, 0.2) is 0 Å². The zero-order valence-corrected chi connectivity index (χ0v) is 24.5. The minimum atomic E-state index is -0.476. The number of nitrogens with zero attached hydrogens (tertiary/aromatic N) is 3. The van der Waals surface area contributed by atoms with Gasteiger partial charge in [0.25, 0.3) is 0 Å². The fourth-order valence-electron chi connectivity index (χ4n) is 5.53. The van der Waals surface area contributed by atoms with Crippen molar-refractivity contribution in [1.82, 2.24) is 9.88 Å². The van der Waals surface area contributed by atoms with E-state index in [0.717, 1.165) is 54.1 Å². The molecule has 1 aromatic heterocycles. The lowest BCUT2D eigenvalue weighted by Crippen LogP contribution is -2.73. The number of carbonyl (C=O) groups is 1. The van der Waals surface area contributed by atoms with Crippen molar-refractivity contribution in [2.75, 3.05) is 31.1 Å². The molecule has 42 heavy (non-hydrogen) atoms. The maximum absolute atomic E-state index is 12.4. The van der Waals surface area contributed by atoms with Crippen molar-refractivity contribution in [3.63, 3.8) is 0 Å². The molecule has 2 fully saturated rings. The van der Waals surface area contributed by atoms with Gasteiger partial charge in [0.1, 0.15) is 18.8 Å². The number of rotatable bonds is 8. The van der Waals surface area contributed by atoms with Gasteiger partial charge >= 0.3 is 6.09 Å². The monoisotopic (exact) mass is 563 g/mol. The molecular weight excluding hydrogens is 526 g/mol. The van der Waals surface area contributed by atoms with E-state index in [4.69, 9.17) is 19.2 Å². The molecule has 216 valence electrons. The summed E-state index contributed by atoms with van der Waals surface area (Å²) in [4.78, 5) is 21.3. The Hall–Kier alpha value is -4.52. The van der Waals surface area contributed by atoms with Gasteiger partial charge in [-0.1, -0.05) is 72.8 Å². The quantitative estimate of drug-likeness (QED) is 0.231. The molecule has 2 aliphatic rings. The summed E-state index contributed by atoms with van der Waals surface area (Å²) in [6, 6.07) is 32.6. The summed E-state index contributed by atoms with van der Waals surface area (Å²) in [5.41, 5.74) is 4.91. The number of ether oxygens (including phenoxy) is 3.